The maximum absolute atomic E-state index is 11.8. The van der Waals surface area contributed by atoms with Crippen LogP contribution in [0.2, 0.25) is 0 Å². The molecular formula is C14H18O2S. The summed E-state index contributed by atoms with van der Waals surface area (Å²) >= 11 is 0. The van der Waals surface area contributed by atoms with E-state index in [1.807, 2.05) is 38.1 Å². The predicted octanol–water partition coefficient (Wildman–Crippen LogP) is 3.38. The van der Waals surface area contributed by atoms with Gasteiger partial charge in [-0.3, -0.25) is 4.79 Å². The van der Waals surface area contributed by atoms with Gasteiger partial charge in [-0.2, -0.15) is 0 Å². The van der Waals surface area contributed by atoms with Crippen LogP contribution < -0.4 is 0 Å². The molecule has 2 nitrogen and oxygen atoms in total. The summed E-state index contributed by atoms with van der Waals surface area (Å²) in [4.78, 5) is 12.1. The van der Waals surface area contributed by atoms with Crippen molar-refractivity contribution >= 4 is 16.6 Å². The summed E-state index contributed by atoms with van der Waals surface area (Å²) in [6, 6.07) is 7.48. The quantitative estimate of drug-likeness (QED) is 0.725. The van der Waals surface area contributed by atoms with E-state index in [-0.39, 0.29) is 5.78 Å². The van der Waals surface area contributed by atoms with Crippen LogP contribution in [0.1, 0.15) is 31.7 Å². The lowest BCUT2D eigenvalue weighted by Gasteiger charge is -1.97. The Morgan fingerprint density at radius 3 is 2.53 bits per heavy atom. The fourth-order valence-corrected chi connectivity index (χ4v) is 2.16. The molecule has 0 fully saturated rings. The number of allylic oxidation sites excluding steroid dienone is 1. The number of aryl methyl sites for hydroxylation is 1. The molecule has 0 N–H and O–H groups in total. The molecule has 0 aromatic heterocycles. The molecule has 92 valence electrons. The lowest BCUT2D eigenvalue weighted by atomic mass is 10.2. The Balaban J connectivity index is 2.57. The van der Waals surface area contributed by atoms with Crippen molar-refractivity contribution in [3.8, 4) is 0 Å². The number of hydrogen-bond donors (Lipinski definition) is 0. The first-order valence-electron chi connectivity index (χ1n) is 5.81. The van der Waals surface area contributed by atoms with Gasteiger partial charge >= 0.3 is 0 Å². The van der Waals surface area contributed by atoms with E-state index in [9.17, 15) is 9.00 Å². The molecule has 0 saturated heterocycles. The average Bonchev–Trinajstić information content (AvgIpc) is 2.34. The van der Waals surface area contributed by atoms with E-state index in [0.717, 1.165) is 23.3 Å². The molecule has 0 aliphatic rings. The largest absolute Gasteiger partial charge is 0.295 e. The minimum Gasteiger partial charge on any atom is -0.295 e. The van der Waals surface area contributed by atoms with E-state index in [0.29, 0.717) is 6.42 Å². The van der Waals surface area contributed by atoms with Crippen LogP contribution in [0.3, 0.4) is 0 Å². The van der Waals surface area contributed by atoms with Gasteiger partial charge in [0.15, 0.2) is 5.78 Å². The highest BCUT2D eigenvalue weighted by molar-refractivity contribution is 7.88. The number of carbonyl (C=O) groups is 1. The van der Waals surface area contributed by atoms with Crippen molar-refractivity contribution in [2.45, 2.75) is 38.0 Å². The van der Waals surface area contributed by atoms with Crippen LogP contribution in [0.4, 0.5) is 0 Å². The number of hydrogen-bond acceptors (Lipinski definition) is 2. The van der Waals surface area contributed by atoms with Crippen LogP contribution in [0.5, 0.6) is 0 Å². The maximum Gasteiger partial charge on any atom is 0.156 e. The summed E-state index contributed by atoms with van der Waals surface area (Å²) in [6.45, 7) is 4.03. The highest BCUT2D eigenvalue weighted by Crippen LogP contribution is 2.09. The molecule has 0 bridgehead atoms. The standard InChI is InChI=1S/C14H18O2S/c1-3-4-5-13(15)10-11-17(16)14-8-6-12(2)7-9-14/h6-11H,3-5H2,1-2H3/b11-10-/t17-/m1/s1. The van der Waals surface area contributed by atoms with Gasteiger partial charge < -0.3 is 0 Å². The van der Waals surface area contributed by atoms with Crippen LogP contribution in [0.25, 0.3) is 0 Å². The Bertz CT molecular complexity index is 418. The molecule has 0 heterocycles. The molecule has 0 radical (unpaired) electrons. The Kier molecular flexibility index (Phi) is 5.84. The molecular weight excluding hydrogens is 232 g/mol. The van der Waals surface area contributed by atoms with Crippen molar-refractivity contribution < 1.29 is 9.00 Å². The molecule has 0 unspecified atom stereocenters. The Labute approximate surface area is 105 Å². The summed E-state index contributed by atoms with van der Waals surface area (Å²) in [5, 5.41) is 1.47. The zero-order chi connectivity index (χ0) is 12.7. The number of rotatable bonds is 6. The molecule has 17 heavy (non-hydrogen) atoms. The van der Waals surface area contributed by atoms with Crippen molar-refractivity contribution in [1.29, 1.82) is 0 Å². The van der Waals surface area contributed by atoms with Gasteiger partial charge in [0.2, 0.25) is 0 Å². The third-order valence-corrected chi connectivity index (χ3v) is 3.53. The number of ketones is 1. The SMILES string of the molecule is CCCCC(=O)/C=C\[S@@](=O)c1ccc(C)cc1. The fourth-order valence-electron chi connectivity index (χ4n) is 1.32. The molecule has 1 aromatic carbocycles. The first kappa shape index (κ1) is 13.8. The zero-order valence-corrected chi connectivity index (χ0v) is 11.1. The van der Waals surface area contributed by atoms with E-state index in [1.54, 1.807) is 0 Å². The Morgan fingerprint density at radius 2 is 1.94 bits per heavy atom. The van der Waals surface area contributed by atoms with E-state index < -0.39 is 10.8 Å². The summed E-state index contributed by atoms with van der Waals surface area (Å²) in [7, 11) is -1.22. The normalized spacial score (nSPS) is 12.8. The van der Waals surface area contributed by atoms with Crippen LogP contribution in [-0.4, -0.2) is 9.99 Å². The van der Waals surface area contributed by atoms with E-state index >= 15 is 0 Å². The van der Waals surface area contributed by atoms with Gasteiger partial charge in [-0.1, -0.05) is 31.0 Å². The first-order valence-corrected chi connectivity index (χ1v) is 7.03. The highest BCUT2D eigenvalue weighted by Gasteiger charge is 2.00. The second kappa shape index (κ2) is 7.17. The summed E-state index contributed by atoms with van der Waals surface area (Å²) in [5.74, 6) is 0.0484. The van der Waals surface area contributed by atoms with Gasteiger partial charge in [-0.15, -0.1) is 0 Å². The molecule has 1 aromatic rings. The number of benzene rings is 1. The van der Waals surface area contributed by atoms with Gasteiger partial charge in [0, 0.05) is 16.7 Å². The Morgan fingerprint density at radius 1 is 1.29 bits per heavy atom. The van der Waals surface area contributed by atoms with E-state index in [4.69, 9.17) is 0 Å². The second-order valence-corrected chi connectivity index (χ2v) is 5.32. The lowest BCUT2D eigenvalue weighted by molar-refractivity contribution is -0.114. The smallest absolute Gasteiger partial charge is 0.156 e. The first-order chi connectivity index (χ1) is 8.13. The minimum atomic E-state index is -1.22. The minimum absolute atomic E-state index is 0.0484. The van der Waals surface area contributed by atoms with Crippen LogP contribution >= 0.6 is 0 Å². The van der Waals surface area contributed by atoms with Gasteiger partial charge in [-0.05, 0) is 31.6 Å². The molecule has 1 atom stereocenters. The molecule has 0 amide bonds. The molecule has 1 rings (SSSR count). The van der Waals surface area contributed by atoms with E-state index in [1.165, 1.54) is 11.5 Å². The molecule has 0 aliphatic heterocycles. The molecule has 0 spiro atoms. The lowest BCUT2D eigenvalue weighted by Crippen LogP contribution is -1.93. The van der Waals surface area contributed by atoms with Gasteiger partial charge in [-0.25, -0.2) is 4.21 Å². The highest BCUT2D eigenvalue weighted by atomic mass is 32.2. The van der Waals surface area contributed by atoms with Crippen molar-refractivity contribution in [3.05, 3.63) is 41.3 Å². The third-order valence-electron chi connectivity index (χ3n) is 2.41. The van der Waals surface area contributed by atoms with Crippen LogP contribution in [0, 0.1) is 6.92 Å². The van der Waals surface area contributed by atoms with E-state index in [2.05, 4.69) is 0 Å². The predicted molar refractivity (Wildman–Crippen MR) is 71.3 cm³/mol. The summed E-state index contributed by atoms with van der Waals surface area (Å²) in [6.07, 6.45) is 3.87. The van der Waals surface area contributed by atoms with Gasteiger partial charge in [0.05, 0.1) is 10.8 Å². The monoisotopic (exact) mass is 250 g/mol. The molecule has 0 saturated carbocycles. The average molecular weight is 250 g/mol. The van der Waals surface area contributed by atoms with Gasteiger partial charge in [0.25, 0.3) is 0 Å². The number of unbranched alkanes of at least 4 members (excludes halogenated alkanes) is 1. The fraction of sp³-hybridized carbons (Fsp3) is 0.357. The second-order valence-electron chi connectivity index (χ2n) is 3.98. The third kappa shape index (κ3) is 5.09. The van der Waals surface area contributed by atoms with Crippen LogP contribution in [0.15, 0.2) is 40.6 Å². The van der Waals surface area contributed by atoms with Crippen molar-refractivity contribution in [1.82, 2.24) is 0 Å². The zero-order valence-electron chi connectivity index (χ0n) is 10.3. The topological polar surface area (TPSA) is 34.1 Å². The van der Waals surface area contributed by atoms with Crippen molar-refractivity contribution in [2.24, 2.45) is 0 Å². The van der Waals surface area contributed by atoms with Crippen molar-refractivity contribution in [3.63, 3.8) is 0 Å². The Hall–Kier alpha value is -1.22. The maximum atomic E-state index is 11.8. The van der Waals surface area contributed by atoms with Crippen molar-refractivity contribution in [2.75, 3.05) is 0 Å². The molecule has 0 aliphatic carbocycles. The van der Waals surface area contributed by atoms with Crippen LogP contribution in [-0.2, 0) is 15.6 Å². The summed E-state index contributed by atoms with van der Waals surface area (Å²) < 4.78 is 11.8. The summed E-state index contributed by atoms with van der Waals surface area (Å²) in [5.41, 5.74) is 1.13. The molecule has 3 heteroatoms. The number of carbonyl (C=O) groups excluding carboxylic acids is 1. The van der Waals surface area contributed by atoms with Gasteiger partial charge in [0.1, 0.15) is 0 Å².